The van der Waals surface area contributed by atoms with Crippen molar-refractivity contribution in [3.05, 3.63) is 117 Å². The van der Waals surface area contributed by atoms with Crippen LogP contribution >= 0.6 is 0 Å². The first-order valence-corrected chi connectivity index (χ1v) is 16.6. The lowest BCUT2D eigenvalue weighted by atomic mass is 9.58. The van der Waals surface area contributed by atoms with Gasteiger partial charge in [0.25, 0.3) is 5.88 Å². The molecule has 0 unspecified atom stereocenters. The number of allylic oxidation sites excluding steroid dienone is 1. The summed E-state index contributed by atoms with van der Waals surface area (Å²) in [5.41, 5.74) is -0.153. The Hall–Kier alpha value is -5.26. The summed E-state index contributed by atoms with van der Waals surface area (Å²) in [5, 5.41) is 28.6. The molecule has 50 heavy (non-hydrogen) atoms. The maximum atomic E-state index is 14.7. The molecule has 0 radical (unpaired) electrons. The third kappa shape index (κ3) is 5.37. The number of benzene rings is 3. The molecule has 3 aromatic carbocycles. The van der Waals surface area contributed by atoms with Crippen molar-refractivity contribution < 1.29 is 43.3 Å². The third-order valence-corrected chi connectivity index (χ3v) is 9.80. The molecular formula is C39H38N2O9. The minimum Gasteiger partial charge on any atom is -0.508 e. The first-order valence-electron chi connectivity index (χ1n) is 16.6. The number of aliphatic hydroxyl groups is 2. The molecule has 1 aromatic heterocycles. The van der Waals surface area contributed by atoms with Crippen LogP contribution in [0.3, 0.4) is 0 Å². The molecule has 3 aliphatic carbocycles. The van der Waals surface area contributed by atoms with Gasteiger partial charge in [-0.3, -0.25) is 19.3 Å². The standard InChI is InChI=1S/C39H38N2O9/c1-21(2)49-34-25(18-42)17-28(47-19-22-11-7-5-8-12-22)30-26(34)15-24-16-27-32(41(3)4)35-31(37(45)39(27,46)36(44)29(24)33(30)43)38(40-50-35)48-20-23-13-9-6-10-14-23/h5-14,17-18,21,24,27,32,44,46H,15-16,19-20H2,1-4H3/t24-,27-,32-,39-/m0/s1. The van der Waals surface area contributed by atoms with E-state index >= 15 is 0 Å². The molecule has 0 saturated heterocycles. The number of ketones is 2. The number of nitrogens with zero attached hydrogens (tertiary/aromatic N) is 2. The van der Waals surface area contributed by atoms with Gasteiger partial charge < -0.3 is 28.9 Å². The maximum Gasteiger partial charge on any atom is 0.265 e. The van der Waals surface area contributed by atoms with Crippen molar-refractivity contribution in [1.82, 2.24) is 10.1 Å². The second-order valence-corrected chi connectivity index (χ2v) is 13.5. The van der Waals surface area contributed by atoms with Gasteiger partial charge in [0.1, 0.15) is 36.0 Å². The molecule has 0 amide bonds. The molecule has 4 aromatic rings. The lowest BCUT2D eigenvalue weighted by molar-refractivity contribution is -0.0559. The van der Waals surface area contributed by atoms with E-state index in [2.05, 4.69) is 5.16 Å². The van der Waals surface area contributed by atoms with Crippen molar-refractivity contribution in [2.75, 3.05) is 14.1 Å². The highest BCUT2D eigenvalue weighted by atomic mass is 16.5. The van der Waals surface area contributed by atoms with E-state index in [1.165, 1.54) is 6.07 Å². The average molecular weight is 679 g/mol. The van der Waals surface area contributed by atoms with Crippen molar-refractivity contribution in [3.8, 4) is 17.4 Å². The molecule has 0 bridgehead atoms. The van der Waals surface area contributed by atoms with Gasteiger partial charge in [0.2, 0.25) is 5.78 Å². The third-order valence-electron chi connectivity index (χ3n) is 9.80. The molecule has 11 heteroatoms. The molecule has 7 rings (SSSR count). The van der Waals surface area contributed by atoms with Crippen molar-refractivity contribution in [2.24, 2.45) is 11.8 Å². The lowest BCUT2D eigenvalue weighted by Gasteiger charge is -2.49. The summed E-state index contributed by atoms with van der Waals surface area (Å²) in [5.74, 6) is -3.23. The predicted octanol–water partition coefficient (Wildman–Crippen LogP) is 5.85. The van der Waals surface area contributed by atoms with E-state index in [1.54, 1.807) is 19.0 Å². The zero-order valence-electron chi connectivity index (χ0n) is 28.2. The summed E-state index contributed by atoms with van der Waals surface area (Å²) in [6.45, 7) is 3.84. The second-order valence-electron chi connectivity index (χ2n) is 13.5. The zero-order chi connectivity index (χ0) is 35.3. The molecule has 0 aliphatic heterocycles. The van der Waals surface area contributed by atoms with Crippen molar-refractivity contribution in [3.63, 3.8) is 0 Å². The largest absolute Gasteiger partial charge is 0.508 e. The number of ether oxygens (including phenoxy) is 3. The predicted molar refractivity (Wildman–Crippen MR) is 181 cm³/mol. The van der Waals surface area contributed by atoms with Crippen LogP contribution in [0.25, 0.3) is 0 Å². The van der Waals surface area contributed by atoms with Gasteiger partial charge in [-0.2, -0.15) is 0 Å². The number of aldehydes is 1. The van der Waals surface area contributed by atoms with Crippen LogP contribution in [0.2, 0.25) is 0 Å². The first-order chi connectivity index (χ1) is 24.0. The van der Waals surface area contributed by atoms with Crippen molar-refractivity contribution >= 4 is 17.9 Å². The molecule has 11 nitrogen and oxygen atoms in total. The summed E-state index contributed by atoms with van der Waals surface area (Å²) < 4.78 is 24.0. The fraction of sp³-hybridized carbons (Fsp3) is 0.333. The summed E-state index contributed by atoms with van der Waals surface area (Å²) in [6.07, 6.45) is 0.665. The van der Waals surface area contributed by atoms with Gasteiger partial charge in [-0.15, -0.1) is 0 Å². The van der Waals surface area contributed by atoms with Gasteiger partial charge in [-0.1, -0.05) is 60.7 Å². The number of aromatic nitrogens is 1. The molecular weight excluding hydrogens is 640 g/mol. The first kappa shape index (κ1) is 33.2. The van der Waals surface area contributed by atoms with E-state index in [1.807, 2.05) is 74.5 Å². The normalized spacial score (nSPS) is 22.5. The number of fused-ring (bicyclic) bond motifs is 4. The van der Waals surface area contributed by atoms with Crippen LogP contribution in [0.4, 0.5) is 0 Å². The molecule has 2 N–H and O–H groups in total. The summed E-state index contributed by atoms with van der Waals surface area (Å²) >= 11 is 0. The number of Topliss-reactive ketones (excluding diaryl/α,β-unsaturated/α-hetero) is 2. The van der Waals surface area contributed by atoms with E-state index in [9.17, 15) is 24.6 Å². The van der Waals surface area contributed by atoms with Gasteiger partial charge >= 0.3 is 0 Å². The van der Waals surface area contributed by atoms with Gasteiger partial charge in [-0.25, -0.2) is 0 Å². The highest BCUT2D eigenvalue weighted by Crippen LogP contribution is 2.57. The molecule has 258 valence electrons. The number of carbonyl (C=O) groups excluding carboxylic acids is 3. The van der Waals surface area contributed by atoms with E-state index in [0.717, 1.165) is 11.1 Å². The number of carbonyl (C=O) groups is 3. The van der Waals surface area contributed by atoms with Crippen molar-refractivity contribution in [2.45, 2.75) is 57.6 Å². The molecule has 1 heterocycles. The Morgan fingerprint density at radius 2 is 1.64 bits per heavy atom. The van der Waals surface area contributed by atoms with E-state index in [-0.39, 0.29) is 77.6 Å². The van der Waals surface area contributed by atoms with Gasteiger partial charge in [-0.05, 0) is 69.1 Å². The quantitative estimate of drug-likeness (QED) is 0.195. The fourth-order valence-corrected chi connectivity index (χ4v) is 7.62. The Kier molecular flexibility index (Phi) is 8.57. The van der Waals surface area contributed by atoms with Crippen LogP contribution < -0.4 is 14.2 Å². The molecule has 3 aliphatic rings. The van der Waals surface area contributed by atoms with Crippen LogP contribution in [-0.4, -0.2) is 63.9 Å². The minimum atomic E-state index is -2.48. The Morgan fingerprint density at radius 1 is 1.00 bits per heavy atom. The van der Waals surface area contributed by atoms with Gasteiger partial charge in [0, 0.05) is 17.1 Å². The Labute approximate surface area is 289 Å². The number of hydrogen-bond donors (Lipinski definition) is 2. The smallest absolute Gasteiger partial charge is 0.265 e. The summed E-state index contributed by atoms with van der Waals surface area (Å²) in [4.78, 5) is 43.3. The second kappa shape index (κ2) is 12.9. The summed E-state index contributed by atoms with van der Waals surface area (Å²) in [7, 11) is 3.55. The Morgan fingerprint density at radius 3 is 2.24 bits per heavy atom. The molecule has 0 spiro atoms. The van der Waals surface area contributed by atoms with Crippen LogP contribution in [-0.2, 0) is 19.6 Å². The van der Waals surface area contributed by atoms with Gasteiger partial charge in [0.15, 0.2) is 23.4 Å². The maximum absolute atomic E-state index is 14.7. The molecule has 0 saturated carbocycles. The number of rotatable bonds is 10. The van der Waals surface area contributed by atoms with Gasteiger partial charge in [0.05, 0.1) is 23.3 Å². The Bertz CT molecular complexity index is 2000. The number of hydrogen-bond acceptors (Lipinski definition) is 11. The number of aliphatic hydroxyl groups excluding tert-OH is 1. The van der Waals surface area contributed by atoms with Crippen LogP contribution in [0.15, 0.2) is 82.6 Å². The van der Waals surface area contributed by atoms with E-state index in [4.69, 9.17) is 18.7 Å². The highest BCUT2D eigenvalue weighted by molar-refractivity contribution is 6.16. The minimum absolute atomic E-state index is 0.0762. The SMILES string of the molecule is CC(C)Oc1c(C=O)cc(OCc2ccccc2)c2c1C[C@H]1C[C@H]3[C@H](N(C)C)c4onc(OCc5ccccc5)c4C(=O)[C@@]3(O)C(O)=C1C2=O. The van der Waals surface area contributed by atoms with E-state index in [0.29, 0.717) is 11.8 Å². The monoisotopic (exact) mass is 678 g/mol. The Balaban J connectivity index is 1.34. The average Bonchev–Trinajstić information content (AvgIpc) is 3.52. The van der Waals surface area contributed by atoms with E-state index < -0.39 is 40.8 Å². The summed E-state index contributed by atoms with van der Waals surface area (Å²) in [6, 6.07) is 19.4. The topological polar surface area (TPSA) is 149 Å². The molecule has 4 atom stereocenters. The molecule has 0 fully saturated rings. The highest BCUT2D eigenvalue weighted by Gasteiger charge is 2.64. The zero-order valence-corrected chi connectivity index (χ0v) is 28.2. The van der Waals surface area contributed by atoms with Crippen LogP contribution in [0.5, 0.6) is 17.4 Å². The van der Waals surface area contributed by atoms with Crippen LogP contribution in [0, 0.1) is 11.8 Å². The lowest BCUT2D eigenvalue weighted by Crippen LogP contribution is -2.59. The fourth-order valence-electron chi connectivity index (χ4n) is 7.62. The van der Waals surface area contributed by atoms with Crippen LogP contribution in [0.1, 0.15) is 79.8 Å². The van der Waals surface area contributed by atoms with Crippen molar-refractivity contribution in [1.29, 1.82) is 0 Å².